The fourth-order valence-corrected chi connectivity index (χ4v) is 3.07. The van der Waals surface area contributed by atoms with E-state index in [9.17, 15) is 13.2 Å². The van der Waals surface area contributed by atoms with Crippen LogP contribution >= 0.6 is 46.3 Å². The molecule has 0 spiro atoms. The molecule has 2 aromatic rings. The first-order chi connectivity index (χ1) is 9.33. The van der Waals surface area contributed by atoms with E-state index in [4.69, 9.17) is 23.2 Å². The summed E-state index contributed by atoms with van der Waals surface area (Å²) in [6, 6.07) is 4.12. The Morgan fingerprint density at radius 1 is 1.30 bits per heavy atom. The van der Waals surface area contributed by atoms with E-state index in [1.54, 1.807) is 6.20 Å². The Labute approximate surface area is 131 Å². The van der Waals surface area contributed by atoms with Gasteiger partial charge in [-0.15, -0.1) is 11.3 Å². The number of alkyl halides is 3. The molecular formula is C11H7Cl2F3N2S2. The van der Waals surface area contributed by atoms with Crippen LogP contribution in [0.15, 0.2) is 29.3 Å². The van der Waals surface area contributed by atoms with E-state index < -0.39 is 5.51 Å². The van der Waals surface area contributed by atoms with Crippen molar-refractivity contribution in [3.8, 4) is 0 Å². The highest BCUT2D eigenvalue weighted by molar-refractivity contribution is 8.00. The Balaban J connectivity index is 2.08. The van der Waals surface area contributed by atoms with Gasteiger partial charge in [0.2, 0.25) is 0 Å². The van der Waals surface area contributed by atoms with Gasteiger partial charge in [-0.25, -0.2) is 4.98 Å². The zero-order chi connectivity index (χ0) is 14.8. The second-order valence-electron chi connectivity index (χ2n) is 3.62. The van der Waals surface area contributed by atoms with Crippen molar-refractivity contribution in [2.45, 2.75) is 16.9 Å². The summed E-state index contributed by atoms with van der Waals surface area (Å²) >= 11 is 12.8. The van der Waals surface area contributed by atoms with Gasteiger partial charge in [-0.3, -0.25) is 0 Å². The lowest BCUT2D eigenvalue weighted by atomic mass is 10.3. The van der Waals surface area contributed by atoms with Crippen molar-refractivity contribution in [2.24, 2.45) is 0 Å². The molecule has 1 aromatic carbocycles. The van der Waals surface area contributed by atoms with Crippen LogP contribution in [0.1, 0.15) is 4.88 Å². The molecule has 0 unspecified atom stereocenters. The van der Waals surface area contributed by atoms with Crippen LogP contribution in [0, 0.1) is 0 Å². The van der Waals surface area contributed by atoms with E-state index in [0.29, 0.717) is 21.7 Å². The summed E-state index contributed by atoms with van der Waals surface area (Å²) in [5.74, 6) is 0. The maximum atomic E-state index is 12.3. The smallest absolute Gasteiger partial charge is 0.379 e. The van der Waals surface area contributed by atoms with Crippen LogP contribution in [0.5, 0.6) is 0 Å². The molecule has 2 nitrogen and oxygen atoms in total. The molecule has 0 saturated carbocycles. The molecule has 1 N–H and O–H groups in total. The quantitative estimate of drug-likeness (QED) is 0.712. The molecular weight excluding hydrogens is 352 g/mol. The summed E-state index contributed by atoms with van der Waals surface area (Å²) in [4.78, 5) is 4.81. The van der Waals surface area contributed by atoms with Gasteiger partial charge in [0.25, 0.3) is 0 Å². The second-order valence-corrected chi connectivity index (χ2v) is 6.87. The molecule has 0 radical (unpaired) electrons. The number of hydrogen-bond acceptors (Lipinski definition) is 4. The normalized spacial score (nSPS) is 11.7. The molecule has 0 fully saturated rings. The molecule has 9 heteroatoms. The summed E-state index contributed by atoms with van der Waals surface area (Å²) < 4.78 is 37.4. The largest absolute Gasteiger partial charge is 0.446 e. The van der Waals surface area contributed by atoms with E-state index in [-0.39, 0.29) is 16.7 Å². The molecule has 0 saturated heterocycles. The van der Waals surface area contributed by atoms with E-state index >= 15 is 0 Å². The monoisotopic (exact) mass is 358 g/mol. The number of rotatable bonds is 4. The first kappa shape index (κ1) is 15.8. The number of aromatic nitrogens is 1. The number of halogens is 5. The third kappa shape index (κ3) is 4.73. The molecule has 0 bridgehead atoms. The minimum absolute atomic E-state index is 0.0757. The van der Waals surface area contributed by atoms with Crippen molar-refractivity contribution in [3.63, 3.8) is 0 Å². The van der Waals surface area contributed by atoms with Gasteiger partial charge in [0.1, 0.15) is 0 Å². The van der Waals surface area contributed by atoms with E-state index in [0.717, 1.165) is 4.88 Å². The highest BCUT2D eigenvalue weighted by Crippen LogP contribution is 2.39. The average molecular weight is 359 g/mol. The van der Waals surface area contributed by atoms with Crippen LogP contribution in [-0.4, -0.2) is 10.5 Å². The number of thiazole rings is 1. The fraction of sp³-hybridized carbons (Fsp3) is 0.182. The van der Waals surface area contributed by atoms with Crippen molar-refractivity contribution in [3.05, 3.63) is 38.8 Å². The number of nitrogens with one attached hydrogen (secondary N) is 1. The van der Waals surface area contributed by atoms with Crippen LogP contribution in [0.4, 0.5) is 18.9 Å². The van der Waals surface area contributed by atoms with Crippen LogP contribution in [0.3, 0.4) is 0 Å². The first-order valence-electron chi connectivity index (χ1n) is 5.23. The maximum Gasteiger partial charge on any atom is 0.446 e. The Kier molecular flexibility index (Phi) is 5.06. The van der Waals surface area contributed by atoms with Gasteiger partial charge in [0.15, 0.2) is 4.47 Å². The van der Waals surface area contributed by atoms with Crippen molar-refractivity contribution in [1.82, 2.24) is 4.98 Å². The lowest BCUT2D eigenvalue weighted by molar-refractivity contribution is -0.0328. The predicted molar refractivity (Wildman–Crippen MR) is 77.8 cm³/mol. The summed E-state index contributed by atoms with van der Waals surface area (Å²) in [7, 11) is 0. The van der Waals surface area contributed by atoms with Crippen LogP contribution in [0.2, 0.25) is 9.49 Å². The predicted octanol–water partition coefficient (Wildman–Crippen LogP) is 5.67. The topological polar surface area (TPSA) is 24.9 Å². The van der Waals surface area contributed by atoms with Crippen molar-refractivity contribution < 1.29 is 13.2 Å². The molecule has 108 valence electrons. The van der Waals surface area contributed by atoms with Gasteiger partial charge in [-0.1, -0.05) is 23.2 Å². The highest BCUT2D eigenvalue weighted by Gasteiger charge is 2.29. The zero-order valence-electron chi connectivity index (χ0n) is 9.67. The Morgan fingerprint density at radius 2 is 2.05 bits per heavy atom. The zero-order valence-corrected chi connectivity index (χ0v) is 12.8. The molecule has 1 heterocycles. The summed E-state index contributed by atoms with van der Waals surface area (Å²) in [5.41, 5.74) is -3.89. The maximum absolute atomic E-state index is 12.3. The minimum atomic E-state index is -4.32. The number of hydrogen-bond donors (Lipinski definition) is 1. The number of anilines is 1. The van der Waals surface area contributed by atoms with Crippen LogP contribution in [-0.2, 0) is 6.54 Å². The van der Waals surface area contributed by atoms with Gasteiger partial charge in [-0.2, -0.15) is 13.2 Å². The van der Waals surface area contributed by atoms with Gasteiger partial charge in [0, 0.05) is 16.0 Å². The Morgan fingerprint density at radius 3 is 2.65 bits per heavy atom. The third-order valence-corrected chi connectivity index (χ3v) is 4.32. The standard InChI is InChI=1S/C11H7Cl2F3N2S2/c12-8-2-1-6(20-11(14,15)16)3-9(8)17-4-7-5-18-10(13)19-7/h1-3,5,17H,4H2. The van der Waals surface area contributed by atoms with E-state index in [2.05, 4.69) is 10.3 Å². The molecule has 1 aromatic heterocycles. The molecule has 2 rings (SSSR count). The Hall–Kier alpha value is -0.630. The summed E-state index contributed by atoms with van der Waals surface area (Å²) in [6.45, 7) is 0.393. The van der Waals surface area contributed by atoms with Gasteiger partial charge in [0.05, 0.1) is 17.3 Å². The molecule has 0 aliphatic heterocycles. The highest BCUT2D eigenvalue weighted by atomic mass is 35.5. The SMILES string of the molecule is FC(F)(F)Sc1ccc(Cl)c(NCc2cnc(Cl)s2)c1. The Bertz CT molecular complexity index is 602. The summed E-state index contributed by atoms with van der Waals surface area (Å²) in [5, 5.41) is 3.32. The van der Waals surface area contributed by atoms with Gasteiger partial charge in [-0.05, 0) is 30.0 Å². The van der Waals surface area contributed by atoms with E-state index in [1.165, 1.54) is 29.5 Å². The molecule has 0 aliphatic rings. The van der Waals surface area contributed by atoms with Crippen molar-refractivity contribution in [2.75, 3.05) is 5.32 Å². The summed E-state index contributed by atoms with van der Waals surface area (Å²) in [6.07, 6.45) is 1.60. The van der Waals surface area contributed by atoms with Crippen LogP contribution in [0.25, 0.3) is 0 Å². The average Bonchev–Trinajstić information content (AvgIpc) is 2.74. The first-order valence-corrected chi connectivity index (χ1v) is 7.62. The van der Waals surface area contributed by atoms with Gasteiger partial charge >= 0.3 is 5.51 Å². The lowest BCUT2D eigenvalue weighted by Crippen LogP contribution is -2.01. The van der Waals surface area contributed by atoms with Gasteiger partial charge < -0.3 is 5.32 Å². The molecule has 0 atom stereocenters. The van der Waals surface area contributed by atoms with Crippen LogP contribution < -0.4 is 5.32 Å². The van der Waals surface area contributed by atoms with Crippen molar-refractivity contribution in [1.29, 1.82) is 0 Å². The third-order valence-electron chi connectivity index (χ3n) is 2.15. The van der Waals surface area contributed by atoms with Crippen molar-refractivity contribution >= 4 is 52.0 Å². The number of benzene rings is 1. The second kappa shape index (κ2) is 6.43. The van der Waals surface area contributed by atoms with E-state index in [1.807, 2.05) is 0 Å². The minimum Gasteiger partial charge on any atom is -0.379 e. The molecule has 0 amide bonds. The molecule has 20 heavy (non-hydrogen) atoms. The number of nitrogens with zero attached hydrogens (tertiary/aromatic N) is 1. The lowest BCUT2D eigenvalue weighted by Gasteiger charge is -2.10. The fourth-order valence-electron chi connectivity index (χ4n) is 1.38. The number of thioether (sulfide) groups is 1. The molecule has 0 aliphatic carbocycles.